The highest BCUT2D eigenvalue weighted by Crippen LogP contribution is 2.27. The summed E-state index contributed by atoms with van der Waals surface area (Å²) in [6.45, 7) is 0.768. The summed E-state index contributed by atoms with van der Waals surface area (Å²) in [7, 11) is 0. The molecule has 1 aliphatic rings. The molecule has 15 heavy (non-hydrogen) atoms. The van der Waals surface area contributed by atoms with Crippen molar-refractivity contribution < 1.29 is 0 Å². The molecule has 1 aromatic heterocycles. The Balaban J connectivity index is 2.02. The van der Waals surface area contributed by atoms with Gasteiger partial charge in [0.25, 0.3) is 0 Å². The lowest BCUT2D eigenvalue weighted by Crippen LogP contribution is -2.19. The number of nitrogens with zero attached hydrogens (tertiary/aromatic N) is 2. The summed E-state index contributed by atoms with van der Waals surface area (Å²) in [6, 6.07) is 2.75. The molecule has 1 unspecified atom stereocenters. The van der Waals surface area contributed by atoms with Gasteiger partial charge in [-0.25, -0.2) is 0 Å². The van der Waals surface area contributed by atoms with E-state index in [2.05, 4.69) is 15.8 Å². The highest BCUT2D eigenvalue weighted by molar-refractivity contribution is 7.99. The number of rotatable bonds is 4. The van der Waals surface area contributed by atoms with Crippen molar-refractivity contribution in [1.29, 1.82) is 0 Å². The Bertz CT molecular complexity index is 292. The molecule has 1 atom stereocenters. The monoisotopic (exact) mass is 225 g/mol. The molecule has 0 bridgehead atoms. The Morgan fingerprint density at radius 3 is 3.27 bits per heavy atom. The van der Waals surface area contributed by atoms with Crippen LogP contribution in [-0.2, 0) is 6.42 Å². The number of aromatic nitrogens is 2. The zero-order valence-corrected chi connectivity index (χ0v) is 9.88. The maximum Gasteiger partial charge on any atom is 0.0613 e. The lowest BCUT2D eigenvalue weighted by Gasteiger charge is -2.23. The predicted octanol–water partition coefficient (Wildman–Crippen LogP) is 1.84. The number of nitrogens with two attached hydrogens (primary N) is 1. The average Bonchev–Trinajstić information content (AvgIpc) is 2.75. The third-order valence-corrected chi connectivity index (χ3v) is 4.07. The van der Waals surface area contributed by atoms with E-state index < -0.39 is 0 Å². The minimum atomic E-state index is 0.617. The Morgan fingerprint density at radius 2 is 2.53 bits per heavy atom. The van der Waals surface area contributed by atoms with E-state index in [1.807, 2.05) is 18.0 Å². The van der Waals surface area contributed by atoms with Gasteiger partial charge >= 0.3 is 0 Å². The molecular weight excluding hydrogens is 206 g/mol. The Morgan fingerprint density at radius 1 is 1.60 bits per heavy atom. The summed E-state index contributed by atoms with van der Waals surface area (Å²) in [6.07, 6.45) is 6.66. The van der Waals surface area contributed by atoms with Crippen molar-refractivity contribution in [2.24, 2.45) is 5.73 Å². The second-order valence-electron chi connectivity index (χ2n) is 4.03. The summed E-state index contributed by atoms with van der Waals surface area (Å²) in [5.74, 6) is 2.53. The summed E-state index contributed by atoms with van der Waals surface area (Å²) >= 11 is 2.05. The van der Waals surface area contributed by atoms with Gasteiger partial charge in [-0.05, 0) is 44.0 Å². The number of thioether (sulfide) groups is 1. The molecule has 2 rings (SSSR count). The largest absolute Gasteiger partial charge is 0.330 e. The average molecular weight is 225 g/mol. The second-order valence-corrected chi connectivity index (χ2v) is 5.18. The summed E-state index contributed by atoms with van der Waals surface area (Å²) in [4.78, 5) is 0. The van der Waals surface area contributed by atoms with Crippen molar-refractivity contribution in [3.63, 3.8) is 0 Å². The van der Waals surface area contributed by atoms with Crippen molar-refractivity contribution in [2.45, 2.75) is 31.7 Å². The predicted molar refractivity (Wildman–Crippen MR) is 65.2 cm³/mol. The SMILES string of the molecule is NCCCc1ccnn1C1CCCSC1. The second kappa shape index (κ2) is 5.56. The summed E-state index contributed by atoms with van der Waals surface area (Å²) < 4.78 is 2.22. The molecule has 0 aromatic carbocycles. The highest BCUT2D eigenvalue weighted by Gasteiger charge is 2.17. The zero-order valence-electron chi connectivity index (χ0n) is 9.06. The minimum Gasteiger partial charge on any atom is -0.330 e. The molecule has 0 saturated carbocycles. The Kier molecular flexibility index (Phi) is 4.09. The minimum absolute atomic E-state index is 0.617. The maximum absolute atomic E-state index is 5.54. The first-order chi connectivity index (χ1) is 7.42. The fourth-order valence-electron chi connectivity index (χ4n) is 2.07. The fraction of sp³-hybridized carbons (Fsp3) is 0.727. The topological polar surface area (TPSA) is 43.8 Å². The van der Waals surface area contributed by atoms with E-state index in [9.17, 15) is 0 Å². The quantitative estimate of drug-likeness (QED) is 0.850. The molecule has 0 spiro atoms. The van der Waals surface area contributed by atoms with Gasteiger partial charge < -0.3 is 5.73 Å². The van der Waals surface area contributed by atoms with Crippen LogP contribution in [0.4, 0.5) is 0 Å². The fourth-order valence-corrected chi connectivity index (χ4v) is 3.19. The van der Waals surface area contributed by atoms with Crippen LogP contribution in [0.15, 0.2) is 12.3 Å². The lowest BCUT2D eigenvalue weighted by atomic mass is 10.1. The molecule has 3 nitrogen and oxygen atoms in total. The molecule has 4 heteroatoms. The van der Waals surface area contributed by atoms with Crippen molar-refractivity contribution in [1.82, 2.24) is 9.78 Å². The van der Waals surface area contributed by atoms with E-state index in [-0.39, 0.29) is 0 Å². The molecule has 1 aliphatic heterocycles. The van der Waals surface area contributed by atoms with E-state index in [0.717, 1.165) is 19.4 Å². The molecule has 1 aromatic rings. The molecule has 2 heterocycles. The first-order valence-corrected chi connectivity index (χ1v) is 6.87. The number of aryl methyl sites for hydroxylation is 1. The number of hydrogen-bond acceptors (Lipinski definition) is 3. The molecule has 1 saturated heterocycles. The third-order valence-electron chi connectivity index (χ3n) is 2.87. The van der Waals surface area contributed by atoms with Crippen LogP contribution in [0.5, 0.6) is 0 Å². The van der Waals surface area contributed by atoms with Crippen molar-refractivity contribution in [3.8, 4) is 0 Å². The normalized spacial score (nSPS) is 21.8. The van der Waals surface area contributed by atoms with Gasteiger partial charge in [-0.15, -0.1) is 0 Å². The zero-order chi connectivity index (χ0) is 10.5. The summed E-state index contributed by atoms with van der Waals surface area (Å²) in [5.41, 5.74) is 6.89. The Hall–Kier alpha value is -0.480. The van der Waals surface area contributed by atoms with E-state index in [4.69, 9.17) is 5.73 Å². The van der Waals surface area contributed by atoms with Crippen LogP contribution in [0, 0.1) is 0 Å². The van der Waals surface area contributed by atoms with Crippen LogP contribution in [0.25, 0.3) is 0 Å². The van der Waals surface area contributed by atoms with Gasteiger partial charge in [0.05, 0.1) is 6.04 Å². The van der Waals surface area contributed by atoms with Gasteiger partial charge in [-0.1, -0.05) is 0 Å². The first-order valence-electron chi connectivity index (χ1n) is 5.72. The molecule has 0 amide bonds. The molecule has 2 N–H and O–H groups in total. The molecule has 84 valence electrons. The standard InChI is InChI=1S/C11H19N3S/c12-6-1-3-10-5-7-13-14(10)11-4-2-8-15-9-11/h5,7,11H,1-4,6,8-9,12H2. The van der Waals surface area contributed by atoms with Crippen molar-refractivity contribution in [2.75, 3.05) is 18.1 Å². The first kappa shape index (κ1) is 11.0. The molecule has 1 fully saturated rings. The van der Waals surface area contributed by atoms with E-state index in [1.165, 1.54) is 30.0 Å². The van der Waals surface area contributed by atoms with Crippen LogP contribution >= 0.6 is 11.8 Å². The van der Waals surface area contributed by atoms with Crippen LogP contribution in [0.3, 0.4) is 0 Å². The van der Waals surface area contributed by atoms with Gasteiger partial charge in [-0.2, -0.15) is 16.9 Å². The van der Waals surface area contributed by atoms with E-state index in [0.29, 0.717) is 6.04 Å². The van der Waals surface area contributed by atoms with Gasteiger partial charge in [0.2, 0.25) is 0 Å². The van der Waals surface area contributed by atoms with Gasteiger partial charge in [0, 0.05) is 17.6 Å². The van der Waals surface area contributed by atoms with Crippen molar-refractivity contribution in [3.05, 3.63) is 18.0 Å². The Labute approximate surface area is 95.4 Å². The van der Waals surface area contributed by atoms with Crippen LogP contribution in [-0.4, -0.2) is 27.8 Å². The molecular formula is C11H19N3S. The lowest BCUT2D eigenvalue weighted by molar-refractivity contribution is 0.438. The smallest absolute Gasteiger partial charge is 0.0613 e. The van der Waals surface area contributed by atoms with Gasteiger partial charge in [-0.3, -0.25) is 4.68 Å². The van der Waals surface area contributed by atoms with Gasteiger partial charge in [0.1, 0.15) is 0 Å². The van der Waals surface area contributed by atoms with Crippen LogP contribution in [0.2, 0.25) is 0 Å². The maximum atomic E-state index is 5.54. The molecule has 0 radical (unpaired) electrons. The number of hydrogen-bond donors (Lipinski definition) is 1. The molecule has 0 aliphatic carbocycles. The van der Waals surface area contributed by atoms with E-state index in [1.54, 1.807) is 0 Å². The van der Waals surface area contributed by atoms with E-state index >= 15 is 0 Å². The highest BCUT2D eigenvalue weighted by atomic mass is 32.2. The summed E-state index contributed by atoms with van der Waals surface area (Å²) in [5, 5.41) is 4.46. The van der Waals surface area contributed by atoms with Crippen LogP contribution < -0.4 is 5.73 Å². The van der Waals surface area contributed by atoms with Crippen LogP contribution in [0.1, 0.15) is 31.0 Å². The van der Waals surface area contributed by atoms with Crippen molar-refractivity contribution >= 4 is 11.8 Å². The third kappa shape index (κ3) is 2.75. The van der Waals surface area contributed by atoms with Gasteiger partial charge in [0.15, 0.2) is 0 Å².